The first-order valence-corrected chi connectivity index (χ1v) is 11.8. The van der Waals surface area contributed by atoms with Crippen LogP contribution < -0.4 is 10.6 Å². The first-order valence-electron chi connectivity index (χ1n) is 11.8. The summed E-state index contributed by atoms with van der Waals surface area (Å²) in [7, 11) is 4.11. The van der Waals surface area contributed by atoms with Gasteiger partial charge in [0.25, 0.3) is 0 Å². The first kappa shape index (κ1) is 22.8. The second-order valence-electron chi connectivity index (χ2n) is 9.40. The van der Waals surface area contributed by atoms with Gasteiger partial charge in [-0.05, 0) is 25.8 Å². The molecule has 1 unspecified atom stereocenters. The average molecular weight is 409 g/mol. The maximum absolute atomic E-state index is 5.61. The third-order valence-corrected chi connectivity index (χ3v) is 7.06. The molecule has 29 heavy (non-hydrogen) atoms. The van der Waals surface area contributed by atoms with Gasteiger partial charge in [0.1, 0.15) is 0 Å². The molecule has 1 saturated carbocycles. The van der Waals surface area contributed by atoms with Crippen molar-refractivity contribution in [3.63, 3.8) is 0 Å². The first-order chi connectivity index (χ1) is 14.1. The Balaban J connectivity index is 1.44. The van der Waals surface area contributed by atoms with Crippen molar-refractivity contribution in [3.8, 4) is 0 Å². The molecule has 168 valence electrons. The van der Waals surface area contributed by atoms with E-state index in [0.29, 0.717) is 5.92 Å². The molecule has 1 atom stereocenters. The number of nitrogens with one attached hydrogen (secondary N) is 2. The zero-order valence-electron chi connectivity index (χ0n) is 19.1. The van der Waals surface area contributed by atoms with E-state index in [0.717, 1.165) is 51.9 Å². The van der Waals surface area contributed by atoms with Crippen molar-refractivity contribution in [3.05, 3.63) is 0 Å². The monoisotopic (exact) mass is 408 g/mol. The second kappa shape index (κ2) is 11.5. The Bertz CT molecular complexity index is 494. The number of nitrogens with zero attached hydrogens (tertiary/aromatic N) is 4. The fourth-order valence-electron chi connectivity index (χ4n) is 5.13. The summed E-state index contributed by atoms with van der Waals surface area (Å²) in [6, 6.07) is 0. The van der Waals surface area contributed by atoms with Crippen molar-refractivity contribution in [1.82, 2.24) is 25.3 Å². The lowest BCUT2D eigenvalue weighted by Crippen LogP contribution is -2.60. The predicted octanol–water partition coefficient (Wildman–Crippen LogP) is 1.07. The van der Waals surface area contributed by atoms with Gasteiger partial charge in [0.2, 0.25) is 0 Å². The van der Waals surface area contributed by atoms with Crippen LogP contribution in [0.25, 0.3) is 0 Å². The molecule has 2 saturated heterocycles. The number of aliphatic imine (C=N–C) groups is 1. The smallest absolute Gasteiger partial charge is 0.191 e. The van der Waals surface area contributed by atoms with E-state index in [4.69, 9.17) is 4.74 Å². The van der Waals surface area contributed by atoms with E-state index in [1.165, 1.54) is 58.3 Å². The number of rotatable bonds is 7. The Hall–Kier alpha value is -0.890. The minimum atomic E-state index is 0.269. The highest BCUT2D eigenvalue weighted by atomic mass is 16.5. The number of piperazine rings is 1. The molecular weight excluding hydrogens is 364 g/mol. The summed E-state index contributed by atoms with van der Waals surface area (Å²) >= 11 is 0. The minimum Gasteiger partial charge on any atom is -0.379 e. The van der Waals surface area contributed by atoms with Crippen LogP contribution in [-0.4, -0.2) is 112 Å². The van der Waals surface area contributed by atoms with Crippen molar-refractivity contribution >= 4 is 5.96 Å². The molecule has 2 N–H and O–H groups in total. The molecule has 7 heteroatoms. The van der Waals surface area contributed by atoms with E-state index in [2.05, 4.69) is 44.3 Å². The van der Waals surface area contributed by atoms with Crippen LogP contribution >= 0.6 is 0 Å². The van der Waals surface area contributed by atoms with E-state index in [9.17, 15) is 0 Å². The molecule has 0 aromatic carbocycles. The number of morpholine rings is 1. The molecule has 3 aliphatic rings. The van der Waals surface area contributed by atoms with E-state index >= 15 is 0 Å². The van der Waals surface area contributed by atoms with Crippen LogP contribution in [0.15, 0.2) is 4.99 Å². The highest BCUT2D eigenvalue weighted by molar-refractivity contribution is 5.79. The van der Waals surface area contributed by atoms with Gasteiger partial charge >= 0.3 is 0 Å². The molecular formula is C22H44N6O. The number of hydrogen-bond donors (Lipinski definition) is 2. The standard InChI is InChI=1S/C22H44N6O/c1-20(18-27-11-9-26(3)10-12-27)17-24-21(23-2)25-19-22(7-5-4-6-8-22)28-13-15-29-16-14-28/h20H,4-19H2,1-3H3,(H2,23,24,25). The van der Waals surface area contributed by atoms with Gasteiger partial charge in [0.15, 0.2) is 5.96 Å². The van der Waals surface area contributed by atoms with Crippen LogP contribution in [-0.2, 0) is 4.74 Å². The number of guanidine groups is 1. The molecule has 3 rings (SSSR count). The molecule has 2 aliphatic heterocycles. The quantitative estimate of drug-likeness (QED) is 0.486. The summed E-state index contributed by atoms with van der Waals surface area (Å²) in [5.41, 5.74) is 0.269. The Labute approximate surface area is 178 Å². The normalized spacial score (nSPS) is 26.2. The summed E-state index contributed by atoms with van der Waals surface area (Å²) in [6.45, 7) is 14.1. The maximum Gasteiger partial charge on any atom is 0.191 e. The van der Waals surface area contributed by atoms with E-state index in [1.807, 2.05) is 7.05 Å². The molecule has 3 fully saturated rings. The van der Waals surface area contributed by atoms with Crippen LogP contribution in [0.3, 0.4) is 0 Å². The van der Waals surface area contributed by atoms with Gasteiger partial charge in [0, 0.05) is 71.5 Å². The number of likely N-dealkylation sites (N-methyl/N-ethyl adjacent to an activating group) is 1. The topological polar surface area (TPSA) is 55.4 Å². The van der Waals surface area contributed by atoms with Gasteiger partial charge in [-0.1, -0.05) is 26.2 Å². The second-order valence-corrected chi connectivity index (χ2v) is 9.40. The van der Waals surface area contributed by atoms with Crippen molar-refractivity contribution in [2.45, 2.75) is 44.6 Å². The van der Waals surface area contributed by atoms with Crippen LogP contribution in [0, 0.1) is 5.92 Å². The van der Waals surface area contributed by atoms with Gasteiger partial charge in [0.05, 0.1) is 13.2 Å². The number of hydrogen-bond acceptors (Lipinski definition) is 5. The van der Waals surface area contributed by atoms with Crippen LogP contribution in [0.4, 0.5) is 0 Å². The molecule has 7 nitrogen and oxygen atoms in total. The van der Waals surface area contributed by atoms with Crippen LogP contribution in [0.1, 0.15) is 39.0 Å². The third kappa shape index (κ3) is 6.81. The van der Waals surface area contributed by atoms with E-state index < -0.39 is 0 Å². The molecule has 0 radical (unpaired) electrons. The molecule has 2 heterocycles. The van der Waals surface area contributed by atoms with Gasteiger partial charge in [-0.15, -0.1) is 0 Å². The molecule has 0 aromatic rings. The Morgan fingerprint density at radius 1 is 1.00 bits per heavy atom. The Morgan fingerprint density at radius 3 is 2.34 bits per heavy atom. The van der Waals surface area contributed by atoms with Gasteiger partial charge in [-0.3, -0.25) is 9.89 Å². The Kier molecular flexibility index (Phi) is 9.03. The lowest BCUT2D eigenvalue weighted by Gasteiger charge is -2.48. The van der Waals surface area contributed by atoms with Gasteiger partial charge in [-0.25, -0.2) is 0 Å². The van der Waals surface area contributed by atoms with Crippen molar-refractivity contribution in [1.29, 1.82) is 0 Å². The zero-order chi connectivity index (χ0) is 20.5. The fourth-order valence-corrected chi connectivity index (χ4v) is 5.13. The number of ether oxygens (including phenoxy) is 1. The van der Waals surface area contributed by atoms with Crippen LogP contribution in [0.5, 0.6) is 0 Å². The zero-order valence-corrected chi connectivity index (χ0v) is 19.1. The Morgan fingerprint density at radius 2 is 1.69 bits per heavy atom. The van der Waals surface area contributed by atoms with E-state index in [-0.39, 0.29) is 5.54 Å². The van der Waals surface area contributed by atoms with Gasteiger partial charge < -0.3 is 25.2 Å². The molecule has 0 amide bonds. The van der Waals surface area contributed by atoms with Crippen molar-refractivity contribution < 1.29 is 4.74 Å². The summed E-state index contributed by atoms with van der Waals surface area (Å²) in [4.78, 5) is 12.2. The summed E-state index contributed by atoms with van der Waals surface area (Å²) < 4.78 is 5.61. The largest absolute Gasteiger partial charge is 0.379 e. The molecule has 0 aromatic heterocycles. The summed E-state index contributed by atoms with van der Waals surface area (Å²) in [5.74, 6) is 1.56. The highest BCUT2D eigenvalue weighted by Crippen LogP contribution is 2.33. The SMILES string of the molecule is CN=C(NCC(C)CN1CCN(C)CC1)NCC1(N2CCOCC2)CCCCC1. The maximum atomic E-state index is 5.61. The summed E-state index contributed by atoms with van der Waals surface area (Å²) in [5, 5.41) is 7.26. The van der Waals surface area contributed by atoms with Crippen molar-refractivity contribution in [2.75, 3.05) is 86.2 Å². The predicted molar refractivity (Wildman–Crippen MR) is 121 cm³/mol. The van der Waals surface area contributed by atoms with Gasteiger partial charge in [-0.2, -0.15) is 0 Å². The average Bonchev–Trinajstić information content (AvgIpc) is 2.77. The molecule has 0 spiro atoms. The van der Waals surface area contributed by atoms with Crippen molar-refractivity contribution in [2.24, 2.45) is 10.9 Å². The van der Waals surface area contributed by atoms with E-state index in [1.54, 1.807) is 0 Å². The minimum absolute atomic E-state index is 0.269. The third-order valence-electron chi connectivity index (χ3n) is 7.06. The molecule has 0 bridgehead atoms. The summed E-state index contributed by atoms with van der Waals surface area (Å²) in [6.07, 6.45) is 6.64. The lowest BCUT2D eigenvalue weighted by atomic mass is 9.80. The lowest BCUT2D eigenvalue weighted by molar-refractivity contribution is -0.0352. The fraction of sp³-hybridized carbons (Fsp3) is 0.955. The molecule has 1 aliphatic carbocycles. The van der Waals surface area contributed by atoms with Crippen LogP contribution in [0.2, 0.25) is 0 Å². The highest BCUT2D eigenvalue weighted by Gasteiger charge is 2.38.